The van der Waals surface area contributed by atoms with Gasteiger partial charge in [-0.1, -0.05) is 72.8 Å². The first-order chi connectivity index (χ1) is 17.4. The van der Waals surface area contributed by atoms with Crippen molar-refractivity contribution in [2.75, 3.05) is 5.75 Å². The van der Waals surface area contributed by atoms with Crippen LogP contribution in [0.1, 0.15) is 16.7 Å². The molecule has 0 saturated carbocycles. The summed E-state index contributed by atoms with van der Waals surface area (Å²) in [6.07, 6.45) is -0.722. The Kier molecular flexibility index (Phi) is 9.76. The fourth-order valence-corrected chi connectivity index (χ4v) is 3.91. The Morgan fingerprint density at radius 2 is 1.44 bits per heavy atom. The maximum Gasteiger partial charge on any atom is 0.411 e. The number of nitrogens with one attached hydrogen (secondary N) is 1. The summed E-state index contributed by atoms with van der Waals surface area (Å²) in [6.45, 7) is 0.0906. The van der Waals surface area contributed by atoms with Crippen LogP contribution < -0.4 is 5.32 Å². The van der Waals surface area contributed by atoms with Crippen molar-refractivity contribution in [1.82, 2.24) is 10.2 Å². The third kappa shape index (κ3) is 7.78. The smallest absolute Gasteiger partial charge is 0.411 e. The summed E-state index contributed by atoms with van der Waals surface area (Å²) in [5, 5.41) is 21.7. The zero-order chi connectivity index (χ0) is 25.9. The molecular formula is C27H28N2O6S. The van der Waals surface area contributed by atoms with Crippen molar-refractivity contribution < 1.29 is 29.3 Å². The minimum Gasteiger partial charge on any atom is -0.508 e. The maximum absolute atomic E-state index is 13.2. The van der Waals surface area contributed by atoms with Crippen molar-refractivity contribution >= 4 is 30.6 Å². The summed E-state index contributed by atoms with van der Waals surface area (Å²) in [7, 11) is 0. The van der Waals surface area contributed by atoms with Crippen molar-refractivity contribution in [3.63, 3.8) is 0 Å². The van der Waals surface area contributed by atoms with Crippen LogP contribution in [0.25, 0.3) is 0 Å². The van der Waals surface area contributed by atoms with E-state index in [1.807, 2.05) is 60.7 Å². The molecule has 0 aliphatic heterocycles. The van der Waals surface area contributed by atoms with Gasteiger partial charge in [-0.3, -0.25) is 9.69 Å². The lowest BCUT2D eigenvalue weighted by Crippen LogP contribution is -2.54. The third-order valence-electron chi connectivity index (χ3n) is 5.48. The second-order valence-electron chi connectivity index (χ2n) is 8.12. The average Bonchev–Trinajstić information content (AvgIpc) is 2.89. The summed E-state index contributed by atoms with van der Waals surface area (Å²) >= 11 is 4.29. The standard InChI is InChI=1S/C27H28N2O6S/c30-22-13-11-19(12-14-22)15-23(26(32)33)28-25(31)24(18-36)29(16-20-7-3-1-4-8-20)27(34)35-17-21-9-5-2-6-10-21/h1-14,23-24,30,36H,15-18H2,(H,28,31)(H,32,33)/t23-,24-/m0/s1. The number of phenols is 1. The van der Waals surface area contributed by atoms with Gasteiger partial charge in [-0.25, -0.2) is 9.59 Å². The molecule has 3 aromatic rings. The van der Waals surface area contributed by atoms with Gasteiger partial charge in [0.25, 0.3) is 0 Å². The number of hydrogen-bond donors (Lipinski definition) is 4. The number of phenolic OH excluding ortho intramolecular Hbond substituents is 1. The van der Waals surface area contributed by atoms with Gasteiger partial charge in [0, 0.05) is 18.7 Å². The van der Waals surface area contributed by atoms with E-state index in [1.165, 1.54) is 17.0 Å². The number of aliphatic carboxylic acids is 1. The van der Waals surface area contributed by atoms with Crippen LogP contribution in [0.2, 0.25) is 0 Å². The molecule has 3 N–H and O–H groups in total. The number of hydrogen-bond acceptors (Lipinski definition) is 6. The first-order valence-electron chi connectivity index (χ1n) is 11.3. The molecule has 8 nitrogen and oxygen atoms in total. The van der Waals surface area contributed by atoms with Gasteiger partial charge < -0.3 is 20.3 Å². The van der Waals surface area contributed by atoms with Crippen LogP contribution in [0.15, 0.2) is 84.9 Å². The second-order valence-corrected chi connectivity index (χ2v) is 8.49. The number of benzene rings is 3. The number of carbonyl (C=O) groups is 3. The Morgan fingerprint density at radius 3 is 2.00 bits per heavy atom. The predicted molar refractivity (Wildman–Crippen MR) is 138 cm³/mol. The Labute approximate surface area is 214 Å². The van der Waals surface area contributed by atoms with Crippen LogP contribution in [-0.4, -0.2) is 50.9 Å². The zero-order valence-electron chi connectivity index (χ0n) is 19.5. The highest BCUT2D eigenvalue weighted by molar-refractivity contribution is 7.80. The van der Waals surface area contributed by atoms with E-state index in [1.54, 1.807) is 12.1 Å². The number of carbonyl (C=O) groups excluding carboxylic acids is 2. The number of carboxylic acid groups (broad SMARTS) is 1. The Morgan fingerprint density at radius 1 is 0.861 bits per heavy atom. The second kappa shape index (κ2) is 13.2. The van der Waals surface area contributed by atoms with Crippen LogP contribution >= 0.6 is 12.6 Å². The van der Waals surface area contributed by atoms with Gasteiger partial charge in [-0.2, -0.15) is 12.6 Å². The summed E-state index contributed by atoms with van der Waals surface area (Å²) in [5.74, 6) is -1.89. The highest BCUT2D eigenvalue weighted by Gasteiger charge is 2.33. The normalized spacial score (nSPS) is 12.2. The summed E-state index contributed by atoms with van der Waals surface area (Å²) in [4.78, 5) is 39.5. The van der Waals surface area contributed by atoms with E-state index < -0.39 is 30.1 Å². The number of carboxylic acids is 1. The number of nitrogens with zero attached hydrogens (tertiary/aromatic N) is 1. The maximum atomic E-state index is 13.2. The molecule has 0 aliphatic rings. The minimum absolute atomic E-state index is 0.00220. The molecule has 3 aromatic carbocycles. The van der Waals surface area contributed by atoms with E-state index in [9.17, 15) is 24.6 Å². The molecule has 2 amide bonds. The van der Waals surface area contributed by atoms with Crippen molar-refractivity contribution in [2.24, 2.45) is 0 Å². The number of thiol groups is 1. The molecule has 0 spiro atoms. The minimum atomic E-state index is -1.25. The molecule has 9 heteroatoms. The van der Waals surface area contributed by atoms with E-state index in [-0.39, 0.29) is 31.1 Å². The lowest BCUT2D eigenvalue weighted by atomic mass is 10.1. The van der Waals surface area contributed by atoms with E-state index in [0.29, 0.717) is 5.56 Å². The highest BCUT2D eigenvalue weighted by atomic mass is 32.1. The van der Waals surface area contributed by atoms with Gasteiger partial charge in [0.2, 0.25) is 5.91 Å². The molecule has 36 heavy (non-hydrogen) atoms. The van der Waals surface area contributed by atoms with E-state index in [0.717, 1.165) is 11.1 Å². The molecule has 0 fully saturated rings. The first kappa shape index (κ1) is 26.6. The Hall–Kier alpha value is -3.98. The van der Waals surface area contributed by atoms with Gasteiger partial charge in [0.1, 0.15) is 24.4 Å². The average molecular weight is 509 g/mol. The molecule has 0 heterocycles. The SMILES string of the molecule is O=C(O)[C@H](Cc1ccc(O)cc1)NC(=O)[C@H](CS)N(Cc1ccccc1)C(=O)OCc1ccccc1. The molecule has 0 radical (unpaired) electrons. The van der Waals surface area contributed by atoms with Crippen LogP contribution in [0, 0.1) is 0 Å². The monoisotopic (exact) mass is 508 g/mol. The topological polar surface area (TPSA) is 116 Å². The summed E-state index contributed by atoms with van der Waals surface area (Å²) < 4.78 is 5.49. The van der Waals surface area contributed by atoms with E-state index in [2.05, 4.69) is 17.9 Å². The van der Waals surface area contributed by atoms with Crippen molar-refractivity contribution in [3.05, 3.63) is 102 Å². The summed E-state index contributed by atoms with van der Waals surface area (Å²) in [6, 6.07) is 22.0. The van der Waals surface area contributed by atoms with Crippen molar-refractivity contribution in [2.45, 2.75) is 31.7 Å². The first-order valence-corrected chi connectivity index (χ1v) is 11.9. The number of aromatic hydroxyl groups is 1. The number of ether oxygens (including phenoxy) is 1. The fourth-order valence-electron chi connectivity index (χ4n) is 3.54. The van der Waals surface area contributed by atoms with Crippen LogP contribution in [0.4, 0.5) is 4.79 Å². The third-order valence-corrected chi connectivity index (χ3v) is 5.82. The molecular weight excluding hydrogens is 480 g/mol. The summed E-state index contributed by atoms with van der Waals surface area (Å²) in [5.41, 5.74) is 2.18. The van der Waals surface area contributed by atoms with Crippen LogP contribution in [0.5, 0.6) is 5.75 Å². The van der Waals surface area contributed by atoms with Crippen molar-refractivity contribution in [3.8, 4) is 5.75 Å². The Balaban J connectivity index is 1.77. The molecule has 0 bridgehead atoms. The largest absolute Gasteiger partial charge is 0.508 e. The quantitative estimate of drug-likeness (QED) is 0.294. The van der Waals surface area contributed by atoms with Crippen molar-refractivity contribution in [1.29, 1.82) is 0 Å². The molecule has 0 aromatic heterocycles. The molecule has 0 unspecified atom stereocenters. The molecule has 2 atom stereocenters. The van der Waals surface area contributed by atoms with E-state index >= 15 is 0 Å². The molecule has 188 valence electrons. The van der Waals surface area contributed by atoms with Gasteiger partial charge in [0.05, 0.1) is 0 Å². The predicted octanol–water partition coefficient (Wildman–Crippen LogP) is 3.64. The highest BCUT2D eigenvalue weighted by Crippen LogP contribution is 2.15. The van der Waals surface area contributed by atoms with Gasteiger partial charge in [-0.15, -0.1) is 0 Å². The lowest BCUT2D eigenvalue weighted by Gasteiger charge is -2.30. The zero-order valence-corrected chi connectivity index (χ0v) is 20.4. The molecule has 0 saturated heterocycles. The lowest BCUT2D eigenvalue weighted by molar-refractivity contribution is -0.142. The van der Waals surface area contributed by atoms with Crippen LogP contribution in [0.3, 0.4) is 0 Å². The van der Waals surface area contributed by atoms with Gasteiger partial charge in [-0.05, 0) is 28.8 Å². The molecule has 3 rings (SSSR count). The van der Waals surface area contributed by atoms with E-state index in [4.69, 9.17) is 4.74 Å². The van der Waals surface area contributed by atoms with Gasteiger partial charge >= 0.3 is 12.1 Å². The van der Waals surface area contributed by atoms with Crippen LogP contribution in [-0.2, 0) is 33.9 Å². The Bertz CT molecular complexity index is 1140. The fraction of sp³-hybridized carbons (Fsp3) is 0.222. The number of rotatable bonds is 11. The molecule has 0 aliphatic carbocycles. The number of amides is 2. The van der Waals surface area contributed by atoms with Gasteiger partial charge in [0.15, 0.2) is 0 Å².